The molecule has 3 rings (SSSR count). The average molecular weight is 354 g/mol. The number of benzene rings is 1. The Kier molecular flexibility index (Phi) is 6.17. The molecule has 1 unspecified atom stereocenters. The molecule has 0 bridgehead atoms. The van der Waals surface area contributed by atoms with Gasteiger partial charge in [0.25, 0.3) is 5.91 Å². The number of rotatable bonds is 6. The Labute approximate surface area is 155 Å². The largest absolute Gasteiger partial charge is 0.337 e. The molecule has 1 amide bonds. The Morgan fingerprint density at radius 3 is 2.27 bits per heavy atom. The van der Waals surface area contributed by atoms with Crippen LogP contribution in [0, 0.1) is 0 Å². The second-order valence-electron chi connectivity index (χ2n) is 6.90. The fourth-order valence-electron chi connectivity index (χ4n) is 3.28. The number of aryl methyl sites for hydroxylation is 1. The zero-order valence-corrected chi connectivity index (χ0v) is 15.7. The number of carbonyl (C=O) groups is 1. The summed E-state index contributed by atoms with van der Waals surface area (Å²) in [6.45, 7) is 6.59. The summed E-state index contributed by atoms with van der Waals surface area (Å²) in [6.07, 6.45) is 4.57. The number of amides is 1. The maximum absolute atomic E-state index is 12.6. The van der Waals surface area contributed by atoms with Gasteiger partial charge in [-0.05, 0) is 18.1 Å². The predicted octanol–water partition coefficient (Wildman–Crippen LogP) is 0.403. The molecule has 0 aliphatic carbocycles. The first-order chi connectivity index (χ1) is 12.7. The third-order valence-corrected chi connectivity index (χ3v) is 4.86. The SMILES string of the molecule is CCc1ccc(C[NH+](C)CC(=O)N2CCN(c3ncccn3)CC2)cc1. The Bertz CT molecular complexity index is 696. The highest BCUT2D eigenvalue weighted by molar-refractivity contribution is 5.77. The number of anilines is 1. The van der Waals surface area contributed by atoms with E-state index < -0.39 is 0 Å². The lowest BCUT2D eigenvalue weighted by Crippen LogP contribution is -3.09. The van der Waals surface area contributed by atoms with Crippen LogP contribution in [-0.2, 0) is 17.8 Å². The number of piperazine rings is 1. The summed E-state index contributed by atoms with van der Waals surface area (Å²) < 4.78 is 0. The van der Waals surface area contributed by atoms with Crippen LogP contribution in [0.4, 0.5) is 5.95 Å². The van der Waals surface area contributed by atoms with Gasteiger partial charge in [0.05, 0.1) is 7.05 Å². The van der Waals surface area contributed by atoms with Crippen LogP contribution in [0.1, 0.15) is 18.1 Å². The summed E-state index contributed by atoms with van der Waals surface area (Å²) in [7, 11) is 2.08. The van der Waals surface area contributed by atoms with Gasteiger partial charge in [0.1, 0.15) is 6.54 Å². The first kappa shape index (κ1) is 18.3. The number of carbonyl (C=O) groups excluding carboxylic acids is 1. The average Bonchev–Trinajstić information content (AvgIpc) is 2.69. The molecule has 0 spiro atoms. The minimum Gasteiger partial charge on any atom is -0.337 e. The van der Waals surface area contributed by atoms with Crippen LogP contribution in [0.25, 0.3) is 0 Å². The topological polar surface area (TPSA) is 53.8 Å². The molecule has 1 aromatic carbocycles. The smallest absolute Gasteiger partial charge is 0.277 e. The highest BCUT2D eigenvalue weighted by atomic mass is 16.2. The molecule has 1 aliphatic rings. The fourth-order valence-corrected chi connectivity index (χ4v) is 3.28. The van der Waals surface area contributed by atoms with Gasteiger partial charge in [-0.15, -0.1) is 0 Å². The van der Waals surface area contributed by atoms with E-state index in [2.05, 4.69) is 53.1 Å². The van der Waals surface area contributed by atoms with Crippen molar-refractivity contribution in [2.75, 3.05) is 44.7 Å². The van der Waals surface area contributed by atoms with Gasteiger partial charge in [-0.2, -0.15) is 0 Å². The first-order valence-electron chi connectivity index (χ1n) is 9.34. The van der Waals surface area contributed by atoms with Gasteiger partial charge >= 0.3 is 0 Å². The highest BCUT2D eigenvalue weighted by Crippen LogP contribution is 2.09. The number of hydrogen-bond acceptors (Lipinski definition) is 4. The van der Waals surface area contributed by atoms with Gasteiger partial charge < -0.3 is 14.7 Å². The normalized spacial score (nSPS) is 15.8. The molecular formula is C20H28N5O+. The van der Waals surface area contributed by atoms with Crippen molar-refractivity contribution in [3.63, 3.8) is 0 Å². The Balaban J connectivity index is 1.46. The Morgan fingerprint density at radius 2 is 1.65 bits per heavy atom. The third-order valence-electron chi connectivity index (χ3n) is 4.86. The lowest BCUT2D eigenvalue weighted by molar-refractivity contribution is -0.885. The summed E-state index contributed by atoms with van der Waals surface area (Å²) in [5.74, 6) is 0.971. The standard InChI is InChI=1S/C20H27N5O/c1-3-17-5-7-18(8-6-17)15-23(2)16-19(26)24-11-13-25(14-12-24)20-21-9-4-10-22-20/h4-10H,3,11-16H2,1-2H3/p+1. The lowest BCUT2D eigenvalue weighted by Gasteiger charge is -2.34. The van der Waals surface area contributed by atoms with Crippen LogP contribution in [0.15, 0.2) is 42.7 Å². The highest BCUT2D eigenvalue weighted by Gasteiger charge is 2.24. The molecule has 1 saturated heterocycles. The van der Waals surface area contributed by atoms with Crippen molar-refractivity contribution in [3.8, 4) is 0 Å². The number of likely N-dealkylation sites (N-methyl/N-ethyl adjacent to an activating group) is 1. The van der Waals surface area contributed by atoms with Crippen LogP contribution < -0.4 is 9.80 Å². The summed E-state index contributed by atoms with van der Waals surface area (Å²) in [6, 6.07) is 10.5. The van der Waals surface area contributed by atoms with Gasteiger partial charge in [0.15, 0.2) is 6.54 Å². The van der Waals surface area contributed by atoms with E-state index in [4.69, 9.17) is 0 Å². The van der Waals surface area contributed by atoms with Crippen LogP contribution in [-0.4, -0.2) is 60.5 Å². The second kappa shape index (κ2) is 8.76. The summed E-state index contributed by atoms with van der Waals surface area (Å²) in [4.78, 5) is 26.5. The summed E-state index contributed by atoms with van der Waals surface area (Å²) in [5.41, 5.74) is 2.63. The van der Waals surface area contributed by atoms with Gasteiger partial charge in [0, 0.05) is 44.1 Å². The van der Waals surface area contributed by atoms with Gasteiger partial charge in [0.2, 0.25) is 5.95 Å². The molecule has 26 heavy (non-hydrogen) atoms. The monoisotopic (exact) mass is 354 g/mol. The zero-order valence-electron chi connectivity index (χ0n) is 15.7. The van der Waals surface area contributed by atoms with Crippen molar-refractivity contribution in [3.05, 3.63) is 53.9 Å². The van der Waals surface area contributed by atoms with Crippen LogP contribution >= 0.6 is 0 Å². The quantitative estimate of drug-likeness (QED) is 0.816. The molecular weight excluding hydrogens is 326 g/mol. The molecule has 138 valence electrons. The van der Waals surface area contributed by atoms with Crippen molar-refractivity contribution in [2.45, 2.75) is 19.9 Å². The van der Waals surface area contributed by atoms with E-state index in [9.17, 15) is 4.79 Å². The van der Waals surface area contributed by atoms with Crippen molar-refractivity contribution >= 4 is 11.9 Å². The van der Waals surface area contributed by atoms with E-state index in [1.807, 2.05) is 11.0 Å². The number of aromatic nitrogens is 2. The molecule has 1 fully saturated rings. The van der Waals surface area contributed by atoms with E-state index >= 15 is 0 Å². The van der Waals surface area contributed by atoms with Crippen molar-refractivity contribution in [1.29, 1.82) is 0 Å². The minimum absolute atomic E-state index is 0.223. The Hall–Kier alpha value is -2.47. The first-order valence-corrected chi connectivity index (χ1v) is 9.34. The van der Waals surface area contributed by atoms with Crippen LogP contribution in [0.2, 0.25) is 0 Å². The molecule has 0 radical (unpaired) electrons. The van der Waals surface area contributed by atoms with Gasteiger partial charge in [-0.3, -0.25) is 4.79 Å². The molecule has 6 nitrogen and oxygen atoms in total. The zero-order chi connectivity index (χ0) is 18.4. The predicted molar refractivity (Wildman–Crippen MR) is 102 cm³/mol. The fraction of sp³-hybridized carbons (Fsp3) is 0.450. The second-order valence-corrected chi connectivity index (χ2v) is 6.90. The van der Waals surface area contributed by atoms with E-state index in [-0.39, 0.29) is 5.91 Å². The van der Waals surface area contributed by atoms with E-state index in [1.165, 1.54) is 16.0 Å². The van der Waals surface area contributed by atoms with E-state index in [1.54, 1.807) is 12.4 Å². The van der Waals surface area contributed by atoms with Crippen molar-refractivity contribution in [2.24, 2.45) is 0 Å². The van der Waals surface area contributed by atoms with Crippen molar-refractivity contribution in [1.82, 2.24) is 14.9 Å². The molecule has 0 saturated carbocycles. The maximum Gasteiger partial charge on any atom is 0.277 e. The number of nitrogens with zero attached hydrogens (tertiary/aromatic N) is 4. The molecule has 2 aromatic rings. The van der Waals surface area contributed by atoms with Crippen molar-refractivity contribution < 1.29 is 9.69 Å². The van der Waals surface area contributed by atoms with Crippen LogP contribution in [0.3, 0.4) is 0 Å². The molecule has 1 aliphatic heterocycles. The lowest BCUT2D eigenvalue weighted by atomic mass is 10.1. The molecule has 1 aromatic heterocycles. The summed E-state index contributed by atoms with van der Waals surface area (Å²) >= 11 is 0. The molecule has 1 N–H and O–H groups in total. The van der Waals surface area contributed by atoms with Gasteiger partial charge in [-0.25, -0.2) is 9.97 Å². The van der Waals surface area contributed by atoms with E-state index in [0.29, 0.717) is 6.54 Å². The van der Waals surface area contributed by atoms with Gasteiger partial charge in [-0.1, -0.05) is 31.2 Å². The summed E-state index contributed by atoms with van der Waals surface area (Å²) in [5, 5.41) is 0. The molecule has 2 heterocycles. The molecule has 6 heteroatoms. The maximum atomic E-state index is 12.6. The number of nitrogens with one attached hydrogen (secondary N) is 1. The van der Waals surface area contributed by atoms with Crippen LogP contribution in [0.5, 0.6) is 0 Å². The number of quaternary nitrogens is 1. The number of hydrogen-bond donors (Lipinski definition) is 1. The molecule has 1 atom stereocenters. The third kappa shape index (κ3) is 4.79. The minimum atomic E-state index is 0.223. The Morgan fingerprint density at radius 1 is 1.04 bits per heavy atom. The van der Waals surface area contributed by atoms with E-state index in [0.717, 1.165) is 45.1 Å².